The Bertz CT molecular complexity index is 582. The van der Waals surface area contributed by atoms with Gasteiger partial charge in [0.1, 0.15) is 0 Å². The van der Waals surface area contributed by atoms with Crippen molar-refractivity contribution in [1.82, 2.24) is 14.9 Å². The van der Waals surface area contributed by atoms with Crippen molar-refractivity contribution in [1.29, 1.82) is 0 Å². The van der Waals surface area contributed by atoms with E-state index < -0.39 is 0 Å². The predicted octanol–water partition coefficient (Wildman–Crippen LogP) is 3.51. The fourth-order valence-electron chi connectivity index (χ4n) is 3.02. The summed E-state index contributed by atoms with van der Waals surface area (Å²) in [4.78, 5) is 4.40. The Hall–Kier alpha value is -1.13. The quantitative estimate of drug-likeness (QED) is 0.931. The fraction of sp³-hybridized carbons (Fsp3) is 0.438. The average molecular weight is 334 g/mol. The number of hydrogen-bond acceptors (Lipinski definition) is 2. The summed E-state index contributed by atoms with van der Waals surface area (Å²) in [6.07, 6.45) is 5.17. The van der Waals surface area contributed by atoms with Crippen molar-refractivity contribution in [3.63, 3.8) is 0 Å². The van der Waals surface area contributed by atoms with Crippen molar-refractivity contribution in [3.8, 4) is 0 Å². The summed E-state index contributed by atoms with van der Waals surface area (Å²) in [7, 11) is 0. The van der Waals surface area contributed by atoms with Gasteiger partial charge in [-0.2, -0.15) is 0 Å². The molecule has 1 aromatic heterocycles. The lowest BCUT2D eigenvalue weighted by molar-refractivity contribution is 0.460. The molecule has 0 radical (unpaired) electrons. The normalized spacial score (nSPS) is 23.9. The number of hydrogen-bond donors (Lipinski definition) is 1. The molecule has 2 atom stereocenters. The van der Waals surface area contributed by atoms with Crippen molar-refractivity contribution in [2.75, 3.05) is 13.1 Å². The number of rotatable bonds is 3. The topological polar surface area (TPSA) is 29.9 Å². The molecule has 1 N–H and O–H groups in total. The second kappa shape index (κ2) is 5.34. The second-order valence-electron chi connectivity index (χ2n) is 5.90. The van der Waals surface area contributed by atoms with Crippen molar-refractivity contribution < 1.29 is 0 Å². The van der Waals surface area contributed by atoms with Crippen LogP contribution in [0.2, 0.25) is 0 Å². The third-order valence-electron chi connectivity index (χ3n) is 4.42. The highest BCUT2D eigenvalue weighted by molar-refractivity contribution is 9.10. The van der Waals surface area contributed by atoms with E-state index in [1.165, 1.54) is 17.7 Å². The predicted molar refractivity (Wildman–Crippen MR) is 85.0 cm³/mol. The number of nitrogens with one attached hydrogen (secondary N) is 1. The van der Waals surface area contributed by atoms with E-state index in [4.69, 9.17) is 0 Å². The van der Waals surface area contributed by atoms with Crippen molar-refractivity contribution in [2.45, 2.75) is 31.7 Å². The van der Waals surface area contributed by atoms with Gasteiger partial charge in [0.25, 0.3) is 0 Å². The zero-order valence-electron chi connectivity index (χ0n) is 11.9. The molecular formula is C16H20BrN3. The van der Waals surface area contributed by atoms with Gasteiger partial charge in [0, 0.05) is 28.3 Å². The highest BCUT2D eigenvalue weighted by atomic mass is 79.9. The molecule has 2 heterocycles. The van der Waals surface area contributed by atoms with Crippen LogP contribution in [-0.2, 0) is 5.41 Å². The maximum atomic E-state index is 4.40. The molecule has 0 bridgehead atoms. The van der Waals surface area contributed by atoms with Crippen LogP contribution in [0.4, 0.5) is 0 Å². The minimum atomic E-state index is 0.195. The number of imidazole rings is 1. The first-order valence-electron chi connectivity index (χ1n) is 7.09. The van der Waals surface area contributed by atoms with Gasteiger partial charge < -0.3 is 9.88 Å². The molecule has 0 spiro atoms. The SMILES string of the molecule is CC(c1ccc(Br)cc1)n1cncc1C1(C)CCNC1. The van der Waals surface area contributed by atoms with E-state index in [-0.39, 0.29) is 5.41 Å². The lowest BCUT2D eigenvalue weighted by atomic mass is 9.86. The highest BCUT2D eigenvalue weighted by Crippen LogP contribution is 2.33. The summed E-state index contributed by atoms with van der Waals surface area (Å²) >= 11 is 3.49. The lowest BCUT2D eigenvalue weighted by Gasteiger charge is -2.27. The van der Waals surface area contributed by atoms with Crippen LogP contribution in [0, 0.1) is 0 Å². The third kappa shape index (κ3) is 2.42. The smallest absolute Gasteiger partial charge is 0.0954 e. The first-order valence-corrected chi connectivity index (χ1v) is 7.88. The van der Waals surface area contributed by atoms with Crippen LogP contribution in [0.5, 0.6) is 0 Å². The zero-order chi connectivity index (χ0) is 14.2. The van der Waals surface area contributed by atoms with Gasteiger partial charge in [-0.05, 0) is 37.6 Å². The molecule has 4 heteroatoms. The number of halogens is 1. The summed E-state index contributed by atoms with van der Waals surface area (Å²) in [5.74, 6) is 0. The van der Waals surface area contributed by atoms with Crippen LogP contribution in [-0.4, -0.2) is 22.6 Å². The summed E-state index contributed by atoms with van der Waals surface area (Å²) in [6, 6.07) is 8.85. The van der Waals surface area contributed by atoms with Crippen molar-refractivity contribution >= 4 is 15.9 Å². The Morgan fingerprint density at radius 1 is 1.35 bits per heavy atom. The van der Waals surface area contributed by atoms with Gasteiger partial charge in [0.15, 0.2) is 0 Å². The van der Waals surface area contributed by atoms with Gasteiger partial charge >= 0.3 is 0 Å². The summed E-state index contributed by atoms with van der Waals surface area (Å²) in [5.41, 5.74) is 2.83. The summed E-state index contributed by atoms with van der Waals surface area (Å²) in [5, 5.41) is 3.47. The molecule has 0 saturated carbocycles. The van der Waals surface area contributed by atoms with Gasteiger partial charge in [-0.25, -0.2) is 4.98 Å². The third-order valence-corrected chi connectivity index (χ3v) is 4.95. The largest absolute Gasteiger partial charge is 0.327 e. The second-order valence-corrected chi connectivity index (χ2v) is 6.82. The molecule has 20 heavy (non-hydrogen) atoms. The average Bonchev–Trinajstić information content (AvgIpc) is 3.08. The van der Waals surface area contributed by atoms with Gasteiger partial charge in [-0.1, -0.05) is 35.0 Å². The molecule has 1 aliphatic heterocycles. The van der Waals surface area contributed by atoms with E-state index in [0.717, 1.165) is 17.6 Å². The van der Waals surface area contributed by atoms with Crippen LogP contribution >= 0.6 is 15.9 Å². The van der Waals surface area contributed by atoms with Gasteiger partial charge in [0.2, 0.25) is 0 Å². The van der Waals surface area contributed by atoms with Crippen LogP contribution < -0.4 is 5.32 Å². The van der Waals surface area contributed by atoms with E-state index >= 15 is 0 Å². The van der Waals surface area contributed by atoms with E-state index in [1.54, 1.807) is 0 Å². The molecule has 0 aliphatic carbocycles. The van der Waals surface area contributed by atoms with E-state index in [2.05, 4.69) is 68.9 Å². The Morgan fingerprint density at radius 2 is 2.10 bits per heavy atom. The molecular weight excluding hydrogens is 314 g/mol. The number of aromatic nitrogens is 2. The first-order chi connectivity index (χ1) is 9.60. The number of benzene rings is 1. The van der Waals surface area contributed by atoms with Gasteiger partial charge in [-0.15, -0.1) is 0 Å². The molecule has 2 unspecified atom stereocenters. The Kier molecular flexibility index (Phi) is 3.69. The summed E-state index contributed by atoms with van der Waals surface area (Å²) < 4.78 is 3.43. The fourth-order valence-corrected chi connectivity index (χ4v) is 3.28. The standard InChI is InChI=1S/C16H20BrN3/c1-12(13-3-5-14(17)6-4-13)20-11-19-9-15(20)16(2)7-8-18-10-16/h3-6,9,11-12,18H,7-8,10H2,1-2H3. The van der Waals surface area contributed by atoms with Crippen LogP contribution in [0.25, 0.3) is 0 Å². The van der Waals surface area contributed by atoms with Gasteiger partial charge in [-0.3, -0.25) is 0 Å². The lowest BCUT2D eigenvalue weighted by Crippen LogP contribution is -2.29. The minimum absolute atomic E-state index is 0.195. The molecule has 0 amide bonds. The Morgan fingerprint density at radius 3 is 2.75 bits per heavy atom. The molecule has 1 saturated heterocycles. The molecule has 3 nitrogen and oxygen atoms in total. The molecule has 3 rings (SSSR count). The molecule has 2 aromatic rings. The van der Waals surface area contributed by atoms with E-state index in [1.807, 2.05) is 12.5 Å². The van der Waals surface area contributed by atoms with Crippen molar-refractivity contribution in [2.24, 2.45) is 0 Å². The summed E-state index contributed by atoms with van der Waals surface area (Å²) in [6.45, 7) is 6.69. The van der Waals surface area contributed by atoms with E-state index in [0.29, 0.717) is 6.04 Å². The zero-order valence-corrected chi connectivity index (χ0v) is 13.5. The highest BCUT2D eigenvalue weighted by Gasteiger charge is 2.34. The van der Waals surface area contributed by atoms with E-state index in [9.17, 15) is 0 Å². The Labute approximate surface area is 128 Å². The molecule has 1 aromatic carbocycles. The Balaban J connectivity index is 1.94. The maximum absolute atomic E-state index is 4.40. The monoisotopic (exact) mass is 333 g/mol. The maximum Gasteiger partial charge on any atom is 0.0954 e. The van der Waals surface area contributed by atoms with Crippen molar-refractivity contribution in [3.05, 3.63) is 52.5 Å². The molecule has 1 aliphatic rings. The molecule has 1 fully saturated rings. The first kappa shape index (κ1) is 13.8. The van der Waals surface area contributed by atoms with Gasteiger partial charge in [0.05, 0.1) is 12.4 Å². The van der Waals surface area contributed by atoms with Crippen LogP contribution in [0.15, 0.2) is 41.3 Å². The van der Waals surface area contributed by atoms with Crippen LogP contribution in [0.1, 0.15) is 37.6 Å². The number of nitrogens with zero attached hydrogens (tertiary/aromatic N) is 2. The molecule has 106 valence electrons. The minimum Gasteiger partial charge on any atom is -0.327 e. The van der Waals surface area contributed by atoms with Crippen LogP contribution in [0.3, 0.4) is 0 Å².